The molecule has 0 aliphatic heterocycles. The van der Waals surface area contributed by atoms with Gasteiger partial charge in [-0.25, -0.2) is 10.8 Å². The van der Waals surface area contributed by atoms with E-state index in [1.54, 1.807) is 11.3 Å². The molecule has 4 N–H and O–H groups in total. The van der Waals surface area contributed by atoms with Crippen LogP contribution >= 0.6 is 11.3 Å². The molecule has 1 aliphatic carbocycles. The highest BCUT2D eigenvalue weighted by atomic mass is 32.1. The molecule has 114 valence electrons. The fraction of sp³-hybridized carbons (Fsp3) is 0.600. The van der Waals surface area contributed by atoms with Crippen molar-refractivity contribution in [3.8, 4) is 0 Å². The second-order valence-corrected chi connectivity index (χ2v) is 6.81. The quantitative estimate of drug-likeness (QED) is 0.562. The van der Waals surface area contributed by atoms with E-state index in [-0.39, 0.29) is 0 Å². The minimum Gasteiger partial charge on any atom is -0.369 e. The van der Waals surface area contributed by atoms with Crippen molar-refractivity contribution in [3.63, 3.8) is 0 Å². The van der Waals surface area contributed by atoms with Crippen LogP contribution in [0.25, 0.3) is 10.2 Å². The van der Waals surface area contributed by atoms with Crippen LogP contribution < -0.4 is 16.6 Å². The van der Waals surface area contributed by atoms with Crippen LogP contribution in [-0.2, 0) is 6.42 Å². The van der Waals surface area contributed by atoms with Gasteiger partial charge in [0.15, 0.2) is 0 Å². The topological polar surface area (TPSA) is 75.9 Å². The van der Waals surface area contributed by atoms with Gasteiger partial charge in [-0.3, -0.25) is 5.43 Å². The summed E-state index contributed by atoms with van der Waals surface area (Å²) in [6.45, 7) is 3.13. The second kappa shape index (κ2) is 6.58. The maximum absolute atomic E-state index is 5.48. The summed E-state index contributed by atoms with van der Waals surface area (Å²) in [4.78, 5) is 11.2. The van der Waals surface area contributed by atoms with Crippen molar-refractivity contribution < 1.29 is 0 Å². The van der Waals surface area contributed by atoms with Gasteiger partial charge in [-0.05, 0) is 24.8 Å². The molecular formula is C15H23N5S. The van der Waals surface area contributed by atoms with E-state index in [0.717, 1.165) is 34.9 Å². The van der Waals surface area contributed by atoms with E-state index in [2.05, 4.69) is 33.7 Å². The predicted molar refractivity (Wildman–Crippen MR) is 89.7 cm³/mol. The van der Waals surface area contributed by atoms with Gasteiger partial charge in [0.1, 0.15) is 10.6 Å². The Morgan fingerprint density at radius 1 is 1.33 bits per heavy atom. The lowest BCUT2D eigenvalue weighted by Crippen LogP contribution is -2.13. The molecule has 6 heteroatoms. The molecule has 5 nitrogen and oxygen atoms in total. The van der Waals surface area contributed by atoms with Crippen molar-refractivity contribution in [1.82, 2.24) is 9.97 Å². The van der Waals surface area contributed by atoms with Crippen LogP contribution in [0.1, 0.15) is 43.9 Å². The first-order chi connectivity index (χ1) is 10.3. The standard InChI is InChI=1S/C15H23N5S/c1-2-11-9-12-13(17-8-7-10-5-3-4-6-10)18-15(20-16)19-14(12)21-11/h9-10H,2-8,16H2,1H3,(H2,17,18,19,20). The highest BCUT2D eigenvalue weighted by Gasteiger charge is 2.15. The summed E-state index contributed by atoms with van der Waals surface area (Å²) in [6, 6.07) is 2.19. The summed E-state index contributed by atoms with van der Waals surface area (Å²) in [6.07, 6.45) is 7.81. The number of nitrogen functional groups attached to an aromatic ring is 1. The fourth-order valence-corrected chi connectivity index (χ4v) is 4.01. The summed E-state index contributed by atoms with van der Waals surface area (Å²) in [5.41, 5.74) is 2.56. The first kappa shape index (κ1) is 14.5. The number of nitrogens with one attached hydrogen (secondary N) is 2. The third-order valence-electron chi connectivity index (χ3n) is 4.24. The van der Waals surface area contributed by atoms with Gasteiger partial charge in [-0.15, -0.1) is 11.3 Å². The molecule has 0 atom stereocenters. The van der Waals surface area contributed by atoms with E-state index in [1.807, 2.05) is 0 Å². The Morgan fingerprint density at radius 2 is 2.14 bits per heavy atom. The van der Waals surface area contributed by atoms with Crippen molar-refractivity contribution in [2.45, 2.75) is 45.4 Å². The normalized spacial score (nSPS) is 15.7. The summed E-state index contributed by atoms with van der Waals surface area (Å²) in [5, 5.41) is 4.60. The molecule has 0 saturated heterocycles. The average molecular weight is 305 g/mol. The molecule has 2 aromatic rings. The van der Waals surface area contributed by atoms with Crippen LogP contribution in [0.2, 0.25) is 0 Å². The van der Waals surface area contributed by atoms with Crippen LogP contribution in [0.15, 0.2) is 6.07 Å². The second-order valence-electron chi connectivity index (χ2n) is 5.69. The van der Waals surface area contributed by atoms with Gasteiger partial charge < -0.3 is 5.32 Å². The fourth-order valence-electron chi connectivity index (χ4n) is 3.04. The largest absolute Gasteiger partial charge is 0.369 e. The van der Waals surface area contributed by atoms with Crippen molar-refractivity contribution in [2.24, 2.45) is 11.8 Å². The van der Waals surface area contributed by atoms with E-state index in [9.17, 15) is 0 Å². The Balaban J connectivity index is 1.76. The molecule has 0 amide bonds. The Hall–Kier alpha value is -1.40. The van der Waals surface area contributed by atoms with Crippen LogP contribution in [0.3, 0.4) is 0 Å². The molecule has 1 fully saturated rings. The molecule has 0 spiro atoms. The molecule has 1 aliphatic rings. The molecule has 2 aromatic heterocycles. The SMILES string of the molecule is CCc1cc2c(NCCC3CCCC3)nc(NN)nc2s1. The summed E-state index contributed by atoms with van der Waals surface area (Å²) in [5.74, 6) is 7.75. The minimum atomic E-state index is 0.482. The highest BCUT2D eigenvalue weighted by Crippen LogP contribution is 2.31. The van der Waals surface area contributed by atoms with E-state index in [0.29, 0.717) is 5.95 Å². The van der Waals surface area contributed by atoms with Gasteiger partial charge in [0.2, 0.25) is 5.95 Å². The van der Waals surface area contributed by atoms with Crippen LogP contribution in [-0.4, -0.2) is 16.5 Å². The average Bonchev–Trinajstić information content (AvgIpc) is 3.15. The maximum Gasteiger partial charge on any atom is 0.240 e. The monoisotopic (exact) mass is 305 g/mol. The first-order valence-electron chi connectivity index (χ1n) is 7.81. The predicted octanol–water partition coefficient (Wildman–Crippen LogP) is 3.53. The molecular weight excluding hydrogens is 282 g/mol. The van der Waals surface area contributed by atoms with Gasteiger partial charge >= 0.3 is 0 Å². The van der Waals surface area contributed by atoms with Crippen LogP contribution in [0.5, 0.6) is 0 Å². The zero-order chi connectivity index (χ0) is 14.7. The maximum atomic E-state index is 5.48. The number of aryl methyl sites for hydroxylation is 1. The molecule has 1 saturated carbocycles. The number of aromatic nitrogens is 2. The molecule has 2 heterocycles. The van der Waals surface area contributed by atoms with Gasteiger partial charge in [0, 0.05) is 11.4 Å². The molecule has 3 rings (SSSR count). The number of hydrogen-bond donors (Lipinski definition) is 3. The number of thiophene rings is 1. The van der Waals surface area contributed by atoms with Gasteiger partial charge in [0.25, 0.3) is 0 Å². The molecule has 0 unspecified atom stereocenters. The summed E-state index contributed by atoms with van der Waals surface area (Å²) in [7, 11) is 0. The number of hydrogen-bond acceptors (Lipinski definition) is 6. The molecule has 21 heavy (non-hydrogen) atoms. The van der Waals surface area contributed by atoms with Crippen molar-refractivity contribution in [2.75, 3.05) is 17.3 Å². The third kappa shape index (κ3) is 3.27. The molecule has 0 radical (unpaired) electrons. The minimum absolute atomic E-state index is 0.482. The third-order valence-corrected chi connectivity index (χ3v) is 5.41. The molecule has 0 bridgehead atoms. The number of nitrogens with zero attached hydrogens (tertiary/aromatic N) is 2. The highest BCUT2D eigenvalue weighted by molar-refractivity contribution is 7.18. The van der Waals surface area contributed by atoms with Gasteiger partial charge in [-0.1, -0.05) is 32.6 Å². The van der Waals surface area contributed by atoms with Crippen molar-refractivity contribution >= 4 is 33.3 Å². The number of fused-ring (bicyclic) bond motifs is 1. The number of anilines is 2. The Labute approximate surface area is 129 Å². The lowest BCUT2D eigenvalue weighted by molar-refractivity contribution is 0.518. The smallest absolute Gasteiger partial charge is 0.240 e. The number of nitrogens with two attached hydrogens (primary N) is 1. The van der Waals surface area contributed by atoms with E-state index in [1.165, 1.54) is 37.0 Å². The molecule has 0 aromatic carbocycles. The van der Waals surface area contributed by atoms with E-state index >= 15 is 0 Å². The van der Waals surface area contributed by atoms with Crippen LogP contribution in [0, 0.1) is 5.92 Å². The van der Waals surface area contributed by atoms with Crippen LogP contribution in [0.4, 0.5) is 11.8 Å². The van der Waals surface area contributed by atoms with E-state index in [4.69, 9.17) is 5.84 Å². The first-order valence-corrected chi connectivity index (χ1v) is 8.62. The van der Waals surface area contributed by atoms with Gasteiger partial charge in [-0.2, -0.15) is 4.98 Å². The van der Waals surface area contributed by atoms with Crippen molar-refractivity contribution in [3.05, 3.63) is 10.9 Å². The lowest BCUT2D eigenvalue weighted by Gasteiger charge is -2.11. The summed E-state index contributed by atoms with van der Waals surface area (Å²) >= 11 is 1.71. The summed E-state index contributed by atoms with van der Waals surface area (Å²) < 4.78 is 0. The Morgan fingerprint density at radius 3 is 2.86 bits per heavy atom. The number of rotatable bonds is 6. The zero-order valence-corrected chi connectivity index (χ0v) is 13.3. The van der Waals surface area contributed by atoms with Crippen molar-refractivity contribution in [1.29, 1.82) is 0 Å². The number of hydrazine groups is 1. The van der Waals surface area contributed by atoms with Gasteiger partial charge in [0.05, 0.1) is 5.39 Å². The zero-order valence-electron chi connectivity index (χ0n) is 12.5. The van der Waals surface area contributed by atoms with E-state index < -0.39 is 0 Å². The Kier molecular flexibility index (Phi) is 4.55. The Bertz CT molecular complexity index is 603. The lowest BCUT2D eigenvalue weighted by atomic mass is 10.0.